The summed E-state index contributed by atoms with van der Waals surface area (Å²) < 4.78 is 0. The first kappa shape index (κ1) is 15.7. The Morgan fingerprint density at radius 3 is 2.21 bits per heavy atom. The summed E-state index contributed by atoms with van der Waals surface area (Å²) in [6, 6.07) is 12.8. The summed E-state index contributed by atoms with van der Waals surface area (Å²) in [5.74, 6) is 0. The van der Waals surface area contributed by atoms with E-state index in [4.69, 9.17) is 0 Å². The highest BCUT2D eigenvalue weighted by Gasteiger charge is 2.34. The van der Waals surface area contributed by atoms with Crippen molar-refractivity contribution in [1.82, 2.24) is 10.2 Å². The van der Waals surface area contributed by atoms with E-state index >= 15 is 0 Å². The first-order valence-electron chi connectivity index (χ1n) is 7.04. The van der Waals surface area contributed by atoms with E-state index in [1.165, 1.54) is 0 Å². The molecule has 0 aliphatic carbocycles. The van der Waals surface area contributed by atoms with Crippen molar-refractivity contribution in [1.29, 1.82) is 5.26 Å². The lowest BCUT2D eigenvalue weighted by Gasteiger charge is -2.35. The van der Waals surface area contributed by atoms with Gasteiger partial charge in [-0.3, -0.25) is 5.32 Å². The van der Waals surface area contributed by atoms with Crippen molar-refractivity contribution in [2.45, 2.75) is 39.3 Å². The van der Waals surface area contributed by atoms with Gasteiger partial charge in [0.05, 0.1) is 6.07 Å². The molecule has 3 heteroatoms. The lowest BCUT2D eigenvalue weighted by Crippen LogP contribution is -2.52. The quantitative estimate of drug-likeness (QED) is 0.818. The maximum absolute atomic E-state index is 9.78. The third kappa shape index (κ3) is 4.05. The third-order valence-electron chi connectivity index (χ3n) is 3.35. The van der Waals surface area contributed by atoms with Crippen LogP contribution >= 0.6 is 0 Å². The number of benzene rings is 1. The van der Waals surface area contributed by atoms with Crippen molar-refractivity contribution < 1.29 is 0 Å². The maximum atomic E-state index is 9.78. The number of rotatable bonds is 7. The number of hydrogen-bond donors (Lipinski definition) is 1. The zero-order valence-corrected chi connectivity index (χ0v) is 12.5. The summed E-state index contributed by atoms with van der Waals surface area (Å²) in [5, 5.41) is 13.2. The summed E-state index contributed by atoms with van der Waals surface area (Å²) in [4.78, 5) is 2.28. The number of likely N-dealkylation sites (N-methyl/N-ethyl adjacent to an activating group) is 1. The molecule has 1 atom stereocenters. The molecule has 0 spiro atoms. The van der Waals surface area contributed by atoms with Crippen LogP contribution in [0.4, 0.5) is 0 Å². The van der Waals surface area contributed by atoms with Crippen LogP contribution in [0.25, 0.3) is 0 Å². The number of nitrogens with one attached hydrogen (secondary N) is 1. The molecular formula is C16H25N3. The molecule has 1 unspecified atom stereocenters. The molecule has 0 fully saturated rings. The van der Waals surface area contributed by atoms with E-state index in [-0.39, 0.29) is 6.04 Å². The number of nitriles is 1. The standard InChI is InChI=1S/C16H25N3/c1-5-19(6-2)13-16(12-17,18-14(3)4)15-10-8-7-9-11-15/h7-11,14,18H,5-6,13H2,1-4H3. The molecule has 19 heavy (non-hydrogen) atoms. The molecule has 0 bridgehead atoms. The Kier molecular flexibility index (Phi) is 6.01. The molecule has 0 aliphatic rings. The van der Waals surface area contributed by atoms with E-state index in [0.29, 0.717) is 6.54 Å². The van der Waals surface area contributed by atoms with Gasteiger partial charge in [-0.25, -0.2) is 0 Å². The van der Waals surface area contributed by atoms with Gasteiger partial charge >= 0.3 is 0 Å². The van der Waals surface area contributed by atoms with Crippen LogP contribution in [-0.4, -0.2) is 30.6 Å². The largest absolute Gasteiger partial charge is 0.301 e. The Balaban J connectivity index is 3.12. The average molecular weight is 259 g/mol. The monoisotopic (exact) mass is 259 g/mol. The number of hydrogen-bond acceptors (Lipinski definition) is 3. The molecule has 0 heterocycles. The van der Waals surface area contributed by atoms with Crippen LogP contribution in [0.5, 0.6) is 0 Å². The second-order valence-corrected chi connectivity index (χ2v) is 5.14. The minimum Gasteiger partial charge on any atom is -0.301 e. The van der Waals surface area contributed by atoms with E-state index < -0.39 is 5.54 Å². The molecule has 0 radical (unpaired) electrons. The van der Waals surface area contributed by atoms with Crippen LogP contribution in [0.2, 0.25) is 0 Å². The molecule has 0 aromatic heterocycles. The van der Waals surface area contributed by atoms with Crippen molar-refractivity contribution >= 4 is 0 Å². The third-order valence-corrected chi connectivity index (χ3v) is 3.35. The maximum Gasteiger partial charge on any atom is 0.145 e. The van der Waals surface area contributed by atoms with Crippen LogP contribution in [0, 0.1) is 11.3 Å². The Bertz CT molecular complexity index is 404. The summed E-state index contributed by atoms with van der Waals surface area (Å²) in [6.45, 7) is 11.0. The van der Waals surface area contributed by atoms with Gasteiger partial charge in [0.25, 0.3) is 0 Å². The number of nitrogens with zero attached hydrogens (tertiary/aromatic N) is 2. The molecule has 0 amide bonds. The van der Waals surface area contributed by atoms with Gasteiger partial charge < -0.3 is 4.90 Å². The van der Waals surface area contributed by atoms with Crippen molar-refractivity contribution in [2.75, 3.05) is 19.6 Å². The van der Waals surface area contributed by atoms with Gasteiger partial charge in [-0.1, -0.05) is 44.2 Å². The molecule has 1 aromatic carbocycles. The van der Waals surface area contributed by atoms with E-state index in [0.717, 1.165) is 18.7 Å². The predicted octanol–water partition coefficient (Wildman–Crippen LogP) is 2.75. The highest BCUT2D eigenvalue weighted by molar-refractivity contribution is 5.32. The molecule has 0 saturated carbocycles. The topological polar surface area (TPSA) is 39.1 Å². The first-order chi connectivity index (χ1) is 9.07. The van der Waals surface area contributed by atoms with E-state index in [1.807, 2.05) is 30.3 Å². The summed E-state index contributed by atoms with van der Waals surface area (Å²) >= 11 is 0. The molecule has 0 aliphatic heterocycles. The predicted molar refractivity (Wildman–Crippen MR) is 79.8 cm³/mol. The van der Waals surface area contributed by atoms with Crippen LogP contribution < -0.4 is 5.32 Å². The fraction of sp³-hybridized carbons (Fsp3) is 0.562. The fourth-order valence-electron chi connectivity index (χ4n) is 2.35. The van der Waals surface area contributed by atoms with Crippen LogP contribution in [0.3, 0.4) is 0 Å². The van der Waals surface area contributed by atoms with E-state index in [2.05, 4.69) is 44.0 Å². The van der Waals surface area contributed by atoms with Gasteiger partial charge in [-0.05, 0) is 32.5 Å². The Hall–Kier alpha value is -1.37. The smallest absolute Gasteiger partial charge is 0.145 e. The van der Waals surface area contributed by atoms with E-state index in [9.17, 15) is 5.26 Å². The highest BCUT2D eigenvalue weighted by atomic mass is 15.2. The molecule has 104 valence electrons. The molecule has 1 rings (SSSR count). The van der Waals surface area contributed by atoms with Crippen molar-refractivity contribution in [3.05, 3.63) is 35.9 Å². The Labute approximate surface area is 117 Å². The molecule has 3 nitrogen and oxygen atoms in total. The van der Waals surface area contributed by atoms with E-state index in [1.54, 1.807) is 0 Å². The minimum atomic E-state index is -0.637. The zero-order valence-electron chi connectivity index (χ0n) is 12.5. The molecular weight excluding hydrogens is 234 g/mol. The minimum absolute atomic E-state index is 0.260. The fourth-order valence-corrected chi connectivity index (χ4v) is 2.35. The van der Waals surface area contributed by atoms with Gasteiger partial charge in [-0.15, -0.1) is 0 Å². The van der Waals surface area contributed by atoms with Crippen molar-refractivity contribution in [3.8, 4) is 6.07 Å². The van der Waals surface area contributed by atoms with Gasteiger partial charge in [0.15, 0.2) is 0 Å². The van der Waals surface area contributed by atoms with Crippen LogP contribution in [0.15, 0.2) is 30.3 Å². The molecule has 0 saturated heterocycles. The second kappa shape index (κ2) is 7.28. The lowest BCUT2D eigenvalue weighted by atomic mass is 9.89. The lowest BCUT2D eigenvalue weighted by molar-refractivity contribution is 0.220. The Morgan fingerprint density at radius 2 is 1.79 bits per heavy atom. The average Bonchev–Trinajstić information content (AvgIpc) is 2.44. The molecule has 1 aromatic rings. The van der Waals surface area contributed by atoms with Crippen molar-refractivity contribution in [3.63, 3.8) is 0 Å². The van der Waals surface area contributed by atoms with Crippen molar-refractivity contribution in [2.24, 2.45) is 0 Å². The summed E-state index contributed by atoms with van der Waals surface area (Å²) in [6.07, 6.45) is 0. The van der Waals surface area contributed by atoms with Gasteiger partial charge in [0, 0.05) is 12.6 Å². The zero-order chi connectivity index (χ0) is 14.3. The van der Waals surface area contributed by atoms with Crippen LogP contribution in [0.1, 0.15) is 33.3 Å². The first-order valence-corrected chi connectivity index (χ1v) is 7.04. The summed E-state index contributed by atoms with van der Waals surface area (Å²) in [7, 11) is 0. The van der Waals surface area contributed by atoms with Gasteiger partial charge in [0.2, 0.25) is 0 Å². The van der Waals surface area contributed by atoms with Gasteiger partial charge in [0.1, 0.15) is 5.54 Å². The Morgan fingerprint density at radius 1 is 1.21 bits per heavy atom. The molecule has 1 N–H and O–H groups in total. The highest BCUT2D eigenvalue weighted by Crippen LogP contribution is 2.22. The summed E-state index contributed by atoms with van der Waals surface area (Å²) in [5.41, 5.74) is 0.402. The van der Waals surface area contributed by atoms with Gasteiger partial charge in [-0.2, -0.15) is 5.26 Å². The SMILES string of the molecule is CCN(CC)CC(C#N)(NC(C)C)c1ccccc1. The van der Waals surface area contributed by atoms with Crippen LogP contribution in [-0.2, 0) is 5.54 Å². The normalized spacial score (nSPS) is 14.4. The second-order valence-electron chi connectivity index (χ2n) is 5.14.